The van der Waals surface area contributed by atoms with Crippen LogP contribution in [0.2, 0.25) is 0 Å². The van der Waals surface area contributed by atoms with Crippen LogP contribution in [0.5, 0.6) is 0 Å². The molecule has 1 aromatic heterocycles. The van der Waals surface area contributed by atoms with Crippen molar-refractivity contribution in [1.82, 2.24) is 15.5 Å². The Morgan fingerprint density at radius 1 is 1.11 bits per heavy atom. The number of nitrogens with one attached hydrogen (secondary N) is 1. The third kappa shape index (κ3) is 5.51. The van der Waals surface area contributed by atoms with Gasteiger partial charge in [-0.15, -0.1) is 24.2 Å². The van der Waals surface area contributed by atoms with E-state index in [1.807, 2.05) is 44.3 Å². The summed E-state index contributed by atoms with van der Waals surface area (Å²) >= 11 is 1.34. The summed E-state index contributed by atoms with van der Waals surface area (Å²) in [7, 11) is 1.87. The summed E-state index contributed by atoms with van der Waals surface area (Å²) in [6, 6.07) is 13.7. The van der Waals surface area contributed by atoms with Crippen LogP contribution in [-0.2, 0) is 6.42 Å². The number of halogens is 3. The Kier molecular flexibility index (Phi) is 7.77. The van der Waals surface area contributed by atoms with Crippen LogP contribution in [0.15, 0.2) is 57.9 Å². The molecule has 144 valence electrons. The van der Waals surface area contributed by atoms with Gasteiger partial charge in [0.2, 0.25) is 5.89 Å². The van der Waals surface area contributed by atoms with E-state index in [-0.39, 0.29) is 23.7 Å². The first-order chi connectivity index (χ1) is 12.6. The van der Waals surface area contributed by atoms with E-state index < -0.39 is 11.6 Å². The fraction of sp³-hybridized carbons (Fsp3) is 0.263. The van der Waals surface area contributed by atoms with Crippen LogP contribution in [0.3, 0.4) is 0 Å². The Hall–Kier alpha value is -1.96. The van der Waals surface area contributed by atoms with E-state index in [1.54, 1.807) is 6.07 Å². The van der Waals surface area contributed by atoms with Gasteiger partial charge in [0, 0.05) is 17.4 Å². The lowest BCUT2D eigenvalue weighted by Gasteiger charge is -2.13. The molecule has 0 spiro atoms. The second kappa shape index (κ2) is 9.82. The molecule has 4 nitrogen and oxygen atoms in total. The van der Waals surface area contributed by atoms with Gasteiger partial charge < -0.3 is 9.84 Å². The van der Waals surface area contributed by atoms with Crippen LogP contribution >= 0.6 is 24.2 Å². The van der Waals surface area contributed by atoms with Crippen molar-refractivity contribution in [3.63, 3.8) is 0 Å². The molecule has 0 aliphatic rings. The normalized spacial score (nSPS) is 13.0. The first kappa shape index (κ1) is 21.3. The zero-order valence-corrected chi connectivity index (χ0v) is 16.5. The van der Waals surface area contributed by atoms with Crippen LogP contribution in [0.25, 0.3) is 0 Å². The Morgan fingerprint density at radius 2 is 1.85 bits per heavy atom. The van der Waals surface area contributed by atoms with E-state index in [2.05, 4.69) is 15.5 Å². The summed E-state index contributed by atoms with van der Waals surface area (Å²) in [5.41, 5.74) is 0.944. The smallest absolute Gasteiger partial charge is 0.244 e. The van der Waals surface area contributed by atoms with Crippen LogP contribution in [-0.4, -0.2) is 23.2 Å². The summed E-state index contributed by atoms with van der Waals surface area (Å²) in [5.74, 6) is -0.708. The van der Waals surface area contributed by atoms with Gasteiger partial charge in [0.1, 0.15) is 5.25 Å². The summed E-state index contributed by atoms with van der Waals surface area (Å²) in [4.78, 5) is 5.09. The van der Waals surface area contributed by atoms with Gasteiger partial charge in [-0.05, 0) is 37.7 Å². The minimum atomic E-state index is -0.879. The van der Waals surface area contributed by atoms with Crippen LogP contribution < -0.4 is 5.32 Å². The molecule has 8 heteroatoms. The third-order valence-corrected chi connectivity index (χ3v) is 5.17. The number of likely N-dealkylation sites (N-methyl/N-ethyl adjacent to an activating group) is 1. The van der Waals surface area contributed by atoms with Gasteiger partial charge in [-0.25, -0.2) is 8.78 Å². The molecule has 0 amide bonds. The predicted molar refractivity (Wildman–Crippen MR) is 104 cm³/mol. The van der Waals surface area contributed by atoms with Gasteiger partial charge in [0.25, 0.3) is 0 Å². The topological polar surface area (TPSA) is 51.0 Å². The highest BCUT2D eigenvalue weighted by molar-refractivity contribution is 7.99. The van der Waals surface area contributed by atoms with Crippen molar-refractivity contribution in [2.45, 2.75) is 29.5 Å². The zero-order valence-electron chi connectivity index (χ0n) is 14.9. The van der Waals surface area contributed by atoms with Crippen molar-refractivity contribution < 1.29 is 13.3 Å². The van der Waals surface area contributed by atoms with Crippen molar-refractivity contribution in [2.24, 2.45) is 0 Å². The standard InChI is InChI=1S/C19H19F2N3OS.ClH/c1-12(22-2)10-17-23-19(25-24-17)18(13-6-4-3-5-7-13)26-14-8-9-15(20)16(21)11-14;/h3-9,11-12,18,22H,10H2,1-2H3;1H. The molecule has 2 aromatic carbocycles. The number of thioether (sulfide) groups is 1. The summed E-state index contributed by atoms with van der Waals surface area (Å²) in [6.07, 6.45) is 0.636. The minimum Gasteiger partial charge on any atom is -0.338 e. The maximum Gasteiger partial charge on any atom is 0.244 e. The fourth-order valence-electron chi connectivity index (χ4n) is 2.41. The van der Waals surface area contributed by atoms with Crippen LogP contribution in [0, 0.1) is 11.6 Å². The number of hydrogen-bond acceptors (Lipinski definition) is 5. The Labute approximate surface area is 167 Å². The molecule has 3 aromatic rings. The first-order valence-corrected chi connectivity index (χ1v) is 9.11. The number of hydrogen-bond donors (Lipinski definition) is 1. The maximum atomic E-state index is 13.6. The number of rotatable bonds is 7. The Bertz CT molecular complexity index is 863. The highest BCUT2D eigenvalue weighted by atomic mass is 35.5. The second-order valence-electron chi connectivity index (χ2n) is 5.93. The number of nitrogens with zero attached hydrogens (tertiary/aromatic N) is 2. The first-order valence-electron chi connectivity index (χ1n) is 8.23. The van der Waals surface area contributed by atoms with E-state index >= 15 is 0 Å². The molecule has 0 fully saturated rings. The van der Waals surface area contributed by atoms with Crippen molar-refractivity contribution in [3.05, 3.63) is 77.4 Å². The lowest BCUT2D eigenvalue weighted by Crippen LogP contribution is -2.24. The van der Waals surface area contributed by atoms with Gasteiger partial charge in [0.15, 0.2) is 17.5 Å². The molecule has 0 bridgehead atoms. The molecule has 27 heavy (non-hydrogen) atoms. The maximum absolute atomic E-state index is 13.6. The monoisotopic (exact) mass is 411 g/mol. The molecule has 3 rings (SSSR count). The molecule has 0 aliphatic heterocycles. The Morgan fingerprint density at radius 3 is 2.52 bits per heavy atom. The molecular formula is C19H20ClF2N3OS. The Balaban J connectivity index is 0.00000261. The highest BCUT2D eigenvalue weighted by Crippen LogP contribution is 2.40. The molecule has 1 N–H and O–H groups in total. The van der Waals surface area contributed by atoms with E-state index in [0.29, 0.717) is 23.0 Å². The lowest BCUT2D eigenvalue weighted by molar-refractivity contribution is 0.375. The van der Waals surface area contributed by atoms with Gasteiger partial charge in [0.05, 0.1) is 0 Å². The van der Waals surface area contributed by atoms with Crippen LogP contribution in [0.1, 0.15) is 29.5 Å². The molecule has 2 atom stereocenters. The molecule has 2 unspecified atom stereocenters. The average Bonchev–Trinajstić information content (AvgIpc) is 3.11. The fourth-order valence-corrected chi connectivity index (χ4v) is 3.49. The minimum absolute atomic E-state index is 0. The molecule has 1 heterocycles. The van der Waals surface area contributed by atoms with E-state index in [4.69, 9.17) is 4.52 Å². The van der Waals surface area contributed by atoms with Crippen LogP contribution in [0.4, 0.5) is 8.78 Å². The van der Waals surface area contributed by atoms with Crippen molar-refractivity contribution in [1.29, 1.82) is 0 Å². The van der Waals surface area contributed by atoms with E-state index in [1.165, 1.54) is 17.8 Å². The van der Waals surface area contributed by atoms with Crippen molar-refractivity contribution in [3.8, 4) is 0 Å². The van der Waals surface area contributed by atoms with Crippen molar-refractivity contribution >= 4 is 24.2 Å². The quantitative estimate of drug-likeness (QED) is 0.566. The summed E-state index contributed by atoms with van der Waals surface area (Å²) < 4.78 is 32.3. The van der Waals surface area contributed by atoms with Gasteiger partial charge in [-0.1, -0.05) is 35.5 Å². The SMILES string of the molecule is CNC(C)Cc1noc(C(Sc2ccc(F)c(F)c2)c2ccccc2)n1.Cl. The lowest BCUT2D eigenvalue weighted by atomic mass is 10.1. The summed E-state index contributed by atoms with van der Waals surface area (Å²) in [5, 5.41) is 6.87. The molecule has 0 radical (unpaired) electrons. The number of benzene rings is 2. The largest absolute Gasteiger partial charge is 0.338 e. The third-order valence-electron chi connectivity index (χ3n) is 3.94. The van der Waals surface area contributed by atoms with Gasteiger partial charge >= 0.3 is 0 Å². The van der Waals surface area contributed by atoms with Crippen molar-refractivity contribution in [2.75, 3.05) is 7.05 Å². The van der Waals surface area contributed by atoms with E-state index in [0.717, 1.165) is 11.6 Å². The van der Waals surface area contributed by atoms with Gasteiger partial charge in [-0.3, -0.25) is 0 Å². The predicted octanol–water partition coefficient (Wildman–Crippen LogP) is 4.80. The number of aromatic nitrogens is 2. The molecule has 0 saturated heterocycles. The van der Waals surface area contributed by atoms with E-state index in [9.17, 15) is 8.78 Å². The average molecular weight is 412 g/mol. The molecular weight excluding hydrogens is 392 g/mol. The zero-order chi connectivity index (χ0) is 18.5. The summed E-state index contributed by atoms with van der Waals surface area (Å²) in [6.45, 7) is 2.03. The second-order valence-corrected chi connectivity index (χ2v) is 7.11. The van der Waals surface area contributed by atoms with Gasteiger partial charge in [-0.2, -0.15) is 4.98 Å². The molecule has 0 aliphatic carbocycles. The molecule has 0 saturated carbocycles. The highest BCUT2D eigenvalue weighted by Gasteiger charge is 2.23.